The van der Waals surface area contributed by atoms with Crippen LogP contribution in [0.4, 0.5) is 0 Å². The topological polar surface area (TPSA) is 78.4 Å². The van der Waals surface area contributed by atoms with Gasteiger partial charge in [-0.3, -0.25) is 9.59 Å². The molecule has 1 unspecified atom stereocenters. The zero-order valence-corrected chi connectivity index (χ0v) is 12.1. The van der Waals surface area contributed by atoms with E-state index in [1.165, 1.54) is 0 Å². The Balaban J connectivity index is 2.49. The van der Waals surface area contributed by atoms with Gasteiger partial charge in [-0.2, -0.15) is 0 Å². The lowest BCUT2D eigenvalue weighted by atomic mass is 9.99. The number of rotatable bonds is 6. The summed E-state index contributed by atoms with van der Waals surface area (Å²) in [7, 11) is 0. The predicted octanol–water partition coefficient (Wildman–Crippen LogP) is 1.36. The second-order valence-corrected chi connectivity index (χ2v) is 5.73. The lowest BCUT2D eigenvalue weighted by Gasteiger charge is -2.21. The molecule has 1 amide bonds. The van der Waals surface area contributed by atoms with Gasteiger partial charge in [-0.1, -0.05) is 30.3 Å². The van der Waals surface area contributed by atoms with Crippen LogP contribution >= 0.6 is 0 Å². The van der Waals surface area contributed by atoms with E-state index in [9.17, 15) is 14.7 Å². The average molecular weight is 278 g/mol. The van der Waals surface area contributed by atoms with Crippen LogP contribution in [0.3, 0.4) is 0 Å². The molecule has 0 saturated carbocycles. The van der Waals surface area contributed by atoms with Crippen molar-refractivity contribution in [1.82, 2.24) is 10.6 Å². The van der Waals surface area contributed by atoms with Crippen molar-refractivity contribution in [2.75, 3.05) is 13.1 Å². The number of nitrogens with one attached hydrogen (secondary N) is 2. The van der Waals surface area contributed by atoms with Gasteiger partial charge in [0.2, 0.25) is 5.91 Å². The summed E-state index contributed by atoms with van der Waals surface area (Å²) in [5, 5.41) is 14.9. The van der Waals surface area contributed by atoms with E-state index in [4.69, 9.17) is 0 Å². The number of aliphatic carboxylic acids is 1. The largest absolute Gasteiger partial charge is 0.481 e. The molecule has 1 atom stereocenters. The number of benzene rings is 1. The molecule has 0 aliphatic heterocycles. The van der Waals surface area contributed by atoms with E-state index in [2.05, 4.69) is 10.6 Å². The van der Waals surface area contributed by atoms with Gasteiger partial charge in [0.15, 0.2) is 0 Å². The van der Waals surface area contributed by atoms with Gasteiger partial charge >= 0.3 is 5.97 Å². The Bertz CT molecular complexity index is 452. The summed E-state index contributed by atoms with van der Waals surface area (Å²) in [6.07, 6.45) is 0. The van der Waals surface area contributed by atoms with Crippen LogP contribution < -0.4 is 10.6 Å². The SMILES string of the molecule is CC(C)(C)NC(=O)CNCC(C(=O)O)c1ccccc1. The summed E-state index contributed by atoms with van der Waals surface area (Å²) >= 11 is 0. The molecule has 20 heavy (non-hydrogen) atoms. The maximum Gasteiger partial charge on any atom is 0.312 e. The minimum Gasteiger partial charge on any atom is -0.481 e. The smallest absolute Gasteiger partial charge is 0.312 e. The normalized spacial score (nSPS) is 12.8. The van der Waals surface area contributed by atoms with Gasteiger partial charge < -0.3 is 15.7 Å². The minimum absolute atomic E-state index is 0.105. The fraction of sp³-hybridized carbons (Fsp3) is 0.467. The second-order valence-electron chi connectivity index (χ2n) is 5.73. The van der Waals surface area contributed by atoms with Gasteiger partial charge in [-0.05, 0) is 26.3 Å². The molecular formula is C15H22N2O3. The predicted molar refractivity (Wildman–Crippen MR) is 77.6 cm³/mol. The van der Waals surface area contributed by atoms with Crippen molar-refractivity contribution >= 4 is 11.9 Å². The van der Waals surface area contributed by atoms with Crippen LogP contribution in [-0.4, -0.2) is 35.6 Å². The molecule has 5 heteroatoms. The van der Waals surface area contributed by atoms with Crippen molar-refractivity contribution in [1.29, 1.82) is 0 Å². The van der Waals surface area contributed by atoms with E-state index >= 15 is 0 Å². The zero-order valence-electron chi connectivity index (χ0n) is 12.1. The van der Waals surface area contributed by atoms with Gasteiger partial charge in [0.05, 0.1) is 12.5 Å². The molecule has 1 aromatic carbocycles. The van der Waals surface area contributed by atoms with Crippen molar-refractivity contribution in [3.05, 3.63) is 35.9 Å². The first kappa shape index (κ1) is 16.2. The van der Waals surface area contributed by atoms with E-state index in [-0.39, 0.29) is 24.5 Å². The van der Waals surface area contributed by atoms with Crippen molar-refractivity contribution in [2.45, 2.75) is 32.2 Å². The molecule has 0 aromatic heterocycles. The number of carbonyl (C=O) groups excluding carboxylic acids is 1. The highest BCUT2D eigenvalue weighted by Crippen LogP contribution is 2.14. The lowest BCUT2D eigenvalue weighted by Crippen LogP contribution is -2.45. The molecule has 0 aliphatic rings. The Morgan fingerprint density at radius 1 is 1.20 bits per heavy atom. The molecule has 110 valence electrons. The van der Waals surface area contributed by atoms with Crippen LogP contribution in [0.2, 0.25) is 0 Å². The number of carboxylic acid groups (broad SMARTS) is 1. The van der Waals surface area contributed by atoms with E-state index < -0.39 is 11.9 Å². The highest BCUT2D eigenvalue weighted by Gasteiger charge is 2.20. The first-order valence-corrected chi connectivity index (χ1v) is 6.59. The number of carboxylic acids is 1. The van der Waals surface area contributed by atoms with E-state index in [1.54, 1.807) is 24.3 Å². The summed E-state index contributed by atoms with van der Waals surface area (Å²) in [4.78, 5) is 22.9. The summed E-state index contributed by atoms with van der Waals surface area (Å²) in [6.45, 7) is 6.02. The third-order valence-corrected chi connectivity index (χ3v) is 2.65. The molecule has 0 saturated heterocycles. The summed E-state index contributed by atoms with van der Waals surface area (Å²) in [6, 6.07) is 8.99. The molecule has 0 spiro atoms. The van der Waals surface area contributed by atoms with Crippen LogP contribution in [0, 0.1) is 0 Å². The van der Waals surface area contributed by atoms with E-state index in [1.807, 2.05) is 26.8 Å². The van der Waals surface area contributed by atoms with Crippen LogP contribution in [-0.2, 0) is 9.59 Å². The van der Waals surface area contributed by atoms with E-state index in [0.717, 1.165) is 5.56 Å². The Morgan fingerprint density at radius 3 is 2.30 bits per heavy atom. The highest BCUT2D eigenvalue weighted by atomic mass is 16.4. The Labute approximate surface area is 119 Å². The van der Waals surface area contributed by atoms with Gasteiger partial charge in [-0.15, -0.1) is 0 Å². The number of amides is 1. The lowest BCUT2D eigenvalue weighted by molar-refractivity contribution is -0.138. The number of hydrogen-bond donors (Lipinski definition) is 3. The fourth-order valence-corrected chi connectivity index (χ4v) is 1.83. The van der Waals surface area contributed by atoms with E-state index in [0.29, 0.717) is 0 Å². The third kappa shape index (κ3) is 5.84. The van der Waals surface area contributed by atoms with Crippen LogP contribution in [0.1, 0.15) is 32.3 Å². The Hall–Kier alpha value is -1.88. The van der Waals surface area contributed by atoms with Crippen molar-refractivity contribution in [3.8, 4) is 0 Å². The first-order valence-electron chi connectivity index (χ1n) is 6.59. The van der Waals surface area contributed by atoms with Crippen LogP contribution in [0.5, 0.6) is 0 Å². The molecule has 0 heterocycles. The van der Waals surface area contributed by atoms with Crippen molar-refractivity contribution in [3.63, 3.8) is 0 Å². The molecule has 1 aromatic rings. The summed E-state index contributed by atoms with van der Waals surface area (Å²) in [5.41, 5.74) is 0.438. The number of carbonyl (C=O) groups is 2. The maximum absolute atomic E-state index is 11.6. The molecule has 3 N–H and O–H groups in total. The fourth-order valence-electron chi connectivity index (χ4n) is 1.83. The Morgan fingerprint density at radius 2 is 1.80 bits per heavy atom. The molecule has 5 nitrogen and oxygen atoms in total. The van der Waals surface area contributed by atoms with Gasteiger partial charge in [0.25, 0.3) is 0 Å². The standard InChI is InChI=1S/C15H22N2O3/c1-15(2,3)17-13(18)10-16-9-12(14(19)20)11-7-5-4-6-8-11/h4-8,12,16H,9-10H2,1-3H3,(H,17,18)(H,19,20). The second kappa shape index (κ2) is 7.05. The molecule has 1 rings (SSSR count). The monoisotopic (exact) mass is 278 g/mol. The van der Waals surface area contributed by atoms with Crippen LogP contribution in [0.15, 0.2) is 30.3 Å². The number of hydrogen-bond acceptors (Lipinski definition) is 3. The highest BCUT2D eigenvalue weighted by molar-refractivity contribution is 5.79. The molecule has 0 bridgehead atoms. The van der Waals surface area contributed by atoms with Crippen LogP contribution in [0.25, 0.3) is 0 Å². The zero-order chi connectivity index (χ0) is 15.2. The average Bonchev–Trinajstić information content (AvgIpc) is 2.33. The van der Waals surface area contributed by atoms with Crippen molar-refractivity contribution < 1.29 is 14.7 Å². The van der Waals surface area contributed by atoms with Crippen molar-refractivity contribution in [2.24, 2.45) is 0 Å². The maximum atomic E-state index is 11.6. The van der Waals surface area contributed by atoms with Gasteiger partial charge in [0, 0.05) is 12.1 Å². The summed E-state index contributed by atoms with van der Waals surface area (Å²) in [5.74, 6) is -1.70. The molecule has 0 fully saturated rings. The molecule has 0 radical (unpaired) electrons. The van der Waals surface area contributed by atoms with Gasteiger partial charge in [-0.25, -0.2) is 0 Å². The molecular weight excluding hydrogens is 256 g/mol. The quantitative estimate of drug-likeness (QED) is 0.734. The summed E-state index contributed by atoms with van der Waals surface area (Å²) < 4.78 is 0. The first-order chi connectivity index (χ1) is 9.29. The Kier molecular flexibility index (Phi) is 5.70. The minimum atomic E-state index is -0.903. The molecule has 0 aliphatic carbocycles. The van der Waals surface area contributed by atoms with Gasteiger partial charge in [0.1, 0.15) is 0 Å². The third-order valence-electron chi connectivity index (χ3n) is 2.65.